The Morgan fingerprint density at radius 2 is 1.48 bits per heavy atom. The van der Waals surface area contributed by atoms with Crippen LogP contribution in [0.3, 0.4) is 0 Å². The quantitative estimate of drug-likeness (QED) is 0.637. The molecule has 3 rings (SSSR count). The van der Waals surface area contributed by atoms with Gasteiger partial charge >= 0.3 is 10.1 Å². The van der Waals surface area contributed by atoms with E-state index < -0.39 is 21.9 Å². The normalized spacial score (nSPS) is 15.4. The molecular formula is C21H23NO6S. The highest BCUT2D eigenvalue weighted by Crippen LogP contribution is 2.30. The Labute approximate surface area is 170 Å². The van der Waals surface area contributed by atoms with E-state index in [1.54, 1.807) is 12.1 Å². The summed E-state index contributed by atoms with van der Waals surface area (Å²) in [4.78, 5) is 24.4. The molecule has 1 heterocycles. The summed E-state index contributed by atoms with van der Waals surface area (Å²) in [6.07, 6.45) is 0.846. The van der Waals surface area contributed by atoms with E-state index >= 15 is 0 Å². The Bertz CT molecular complexity index is 1010. The van der Waals surface area contributed by atoms with Crippen LogP contribution in [-0.2, 0) is 14.4 Å². The molecule has 29 heavy (non-hydrogen) atoms. The third-order valence-corrected chi connectivity index (χ3v) is 6.56. The number of carbonyl (C=O) groups is 2. The summed E-state index contributed by atoms with van der Waals surface area (Å²) in [5.41, 5.74) is 0.159. The lowest BCUT2D eigenvalue weighted by Gasteiger charge is -2.30. The molecule has 1 atom stereocenters. The van der Waals surface area contributed by atoms with E-state index in [-0.39, 0.29) is 32.6 Å². The summed E-state index contributed by atoms with van der Waals surface area (Å²) < 4.78 is 35.9. The van der Waals surface area contributed by atoms with Gasteiger partial charge in [-0.1, -0.05) is 32.9 Å². The van der Waals surface area contributed by atoms with Crippen molar-refractivity contribution in [2.45, 2.75) is 45.1 Å². The van der Waals surface area contributed by atoms with Crippen LogP contribution in [0, 0.1) is 5.41 Å². The number of carbonyl (C=O) groups excluding carboxylic acids is 2. The first-order chi connectivity index (χ1) is 13.6. The number of fused-ring (bicyclic) bond motifs is 1. The van der Waals surface area contributed by atoms with Gasteiger partial charge in [0, 0.05) is 5.41 Å². The molecule has 154 valence electrons. The molecule has 0 N–H and O–H groups in total. The third-order valence-electron chi connectivity index (χ3n) is 5.37. The molecule has 1 unspecified atom stereocenters. The fourth-order valence-electron chi connectivity index (χ4n) is 2.71. The fourth-order valence-corrected chi connectivity index (χ4v) is 3.60. The lowest BCUT2D eigenvalue weighted by atomic mass is 9.85. The van der Waals surface area contributed by atoms with Crippen molar-refractivity contribution in [2.75, 3.05) is 0 Å². The molecule has 0 aliphatic carbocycles. The molecule has 0 aromatic heterocycles. The number of hydroxylamine groups is 2. The van der Waals surface area contributed by atoms with Gasteiger partial charge in [0.1, 0.15) is 11.9 Å². The van der Waals surface area contributed by atoms with Crippen molar-refractivity contribution in [2.24, 2.45) is 5.41 Å². The lowest BCUT2D eigenvalue weighted by Crippen LogP contribution is -2.32. The predicted molar refractivity (Wildman–Crippen MR) is 106 cm³/mol. The molecule has 7 nitrogen and oxygen atoms in total. The van der Waals surface area contributed by atoms with Crippen LogP contribution in [0.4, 0.5) is 0 Å². The average molecular weight is 417 g/mol. The molecule has 0 fully saturated rings. The minimum absolute atomic E-state index is 0.0423. The van der Waals surface area contributed by atoms with Crippen molar-refractivity contribution in [3.8, 4) is 5.75 Å². The second kappa shape index (κ2) is 7.61. The molecule has 8 heteroatoms. The second-order valence-corrected chi connectivity index (χ2v) is 9.08. The first kappa shape index (κ1) is 21.0. The number of rotatable bonds is 7. The van der Waals surface area contributed by atoms with E-state index in [0.29, 0.717) is 5.75 Å². The van der Waals surface area contributed by atoms with E-state index in [9.17, 15) is 18.0 Å². The monoisotopic (exact) mass is 417 g/mol. The minimum atomic E-state index is -4.38. The van der Waals surface area contributed by atoms with Gasteiger partial charge < -0.3 is 4.74 Å². The first-order valence-electron chi connectivity index (χ1n) is 9.26. The van der Waals surface area contributed by atoms with Crippen LogP contribution in [0.1, 0.15) is 54.8 Å². The molecule has 0 saturated heterocycles. The highest BCUT2D eigenvalue weighted by Gasteiger charge is 2.40. The Hall–Kier alpha value is -2.71. The maximum atomic E-state index is 12.6. The van der Waals surface area contributed by atoms with Crippen LogP contribution in [-0.4, -0.2) is 31.4 Å². The van der Waals surface area contributed by atoms with E-state index in [2.05, 4.69) is 20.8 Å². The van der Waals surface area contributed by atoms with Crippen LogP contribution in [0.25, 0.3) is 0 Å². The van der Waals surface area contributed by atoms with Gasteiger partial charge in [-0.25, -0.2) is 0 Å². The lowest BCUT2D eigenvalue weighted by molar-refractivity contribution is -0.0104. The zero-order chi connectivity index (χ0) is 21.4. The smallest absolute Gasteiger partial charge is 0.318 e. The van der Waals surface area contributed by atoms with Gasteiger partial charge in [0.2, 0.25) is 0 Å². The maximum absolute atomic E-state index is 12.6. The highest BCUT2D eigenvalue weighted by molar-refractivity contribution is 7.86. The number of amides is 2. The number of hydrogen-bond donors (Lipinski definition) is 0. The molecule has 0 spiro atoms. The zero-order valence-electron chi connectivity index (χ0n) is 16.7. The van der Waals surface area contributed by atoms with Gasteiger partial charge in [-0.05, 0) is 49.7 Å². The summed E-state index contributed by atoms with van der Waals surface area (Å²) in [5.74, 6) is -1.12. The molecule has 1 aliphatic rings. The summed E-state index contributed by atoms with van der Waals surface area (Å²) >= 11 is 0. The summed E-state index contributed by atoms with van der Waals surface area (Å²) in [6, 6.07) is 11.7. The van der Waals surface area contributed by atoms with Crippen LogP contribution in [0.2, 0.25) is 0 Å². The second-order valence-electron chi connectivity index (χ2n) is 7.55. The third kappa shape index (κ3) is 4.04. The molecule has 2 aromatic carbocycles. The van der Waals surface area contributed by atoms with E-state index in [1.807, 2.05) is 6.92 Å². The van der Waals surface area contributed by atoms with Crippen molar-refractivity contribution in [3.05, 3.63) is 59.7 Å². The van der Waals surface area contributed by atoms with E-state index in [1.165, 1.54) is 36.4 Å². The van der Waals surface area contributed by atoms with E-state index in [0.717, 1.165) is 6.42 Å². The number of benzene rings is 2. The van der Waals surface area contributed by atoms with Crippen LogP contribution >= 0.6 is 0 Å². The molecule has 1 aliphatic heterocycles. The van der Waals surface area contributed by atoms with Gasteiger partial charge in [0.25, 0.3) is 11.8 Å². The van der Waals surface area contributed by atoms with Gasteiger partial charge in [-0.15, -0.1) is 9.35 Å². The van der Waals surface area contributed by atoms with Crippen molar-refractivity contribution in [1.29, 1.82) is 0 Å². The number of hydrogen-bond acceptors (Lipinski definition) is 6. The van der Waals surface area contributed by atoms with Gasteiger partial charge in [-0.3, -0.25) is 9.59 Å². The summed E-state index contributed by atoms with van der Waals surface area (Å²) in [6.45, 7) is 8.21. The Kier molecular flexibility index (Phi) is 5.51. The SMILES string of the molecule is CCC(C)(C)C(C)Oc1ccc(S(=O)(=O)ON2C(=O)c3ccccc3C2=O)cc1. The Morgan fingerprint density at radius 1 is 0.966 bits per heavy atom. The molecule has 0 saturated carbocycles. The maximum Gasteiger partial charge on any atom is 0.318 e. The van der Waals surface area contributed by atoms with Crippen molar-refractivity contribution < 1.29 is 27.0 Å². The number of ether oxygens (including phenoxy) is 1. The van der Waals surface area contributed by atoms with Gasteiger partial charge in [-0.2, -0.15) is 8.42 Å². The highest BCUT2D eigenvalue weighted by atomic mass is 32.2. The van der Waals surface area contributed by atoms with Crippen LogP contribution < -0.4 is 4.74 Å². The molecule has 2 amide bonds. The largest absolute Gasteiger partial charge is 0.490 e. The van der Waals surface area contributed by atoms with E-state index in [4.69, 9.17) is 9.02 Å². The fraction of sp³-hybridized carbons (Fsp3) is 0.333. The summed E-state index contributed by atoms with van der Waals surface area (Å²) in [5, 5.41) is 0.274. The topological polar surface area (TPSA) is 90.0 Å². The van der Waals surface area contributed by atoms with Crippen LogP contribution in [0.15, 0.2) is 53.4 Å². The van der Waals surface area contributed by atoms with Crippen LogP contribution in [0.5, 0.6) is 5.75 Å². The standard InChI is InChI=1S/C21H23NO6S/c1-5-21(3,4)14(2)27-15-10-12-16(13-11-15)29(25,26)28-22-19(23)17-8-6-7-9-18(17)20(22)24/h6-14H,5H2,1-4H3. The van der Waals surface area contributed by atoms with Crippen molar-refractivity contribution in [1.82, 2.24) is 5.06 Å². The molecule has 0 radical (unpaired) electrons. The Balaban J connectivity index is 1.76. The Morgan fingerprint density at radius 3 is 1.97 bits per heavy atom. The number of nitrogens with zero attached hydrogens (tertiary/aromatic N) is 1. The molecule has 0 bridgehead atoms. The van der Waals surface area contributed by atoms with Crippen molar-refractivity contribution >= 4 is 21.9 Å². The number of imide groups is 1. The summed E-state index contributed by atoms with van der Waals surface area (Å²) in [7, 11) is -4.38. The first-order valence-corrected chi connectivity index (χ1v) is 10.7. The van der Waals surface area contributed by atoms with Gasteiger partial charge in [0.15, 0.2) is 0 Å². The van der Waals surface area contributed by atoms with Crippen molar-refractivity contribution in [3.63, 3.8) is 0 Å². The minimum Gasteiger partial charge on any atom is -0.490 e. The van der Waals surface area contributed by atoms with Gasteiger partial charge in [0.05, 0.1) is 16.0 Å². The zero-order valence-corrected chi connectivity index (χ0v) is 17.5. The predicted octanol–water partition coefficient (Wildman–Crippen LogP) is 3.81. The molecule has 2 aromatic rings. The molecular weight excluding hydrogens is 394 g/mol. The average Bonchev–Trinajstić information content (AvgIpc) is 2.93.